The maximum absolute atomic E-state index is 11.8. The molecule has 1 amide bonds. The van der Waals surface area contributed by atoms with Crippen LogP contribution in [0.2, 0.25) is 0 Å². The lowest BCUT2D eigenvalue weighted by atomic mass is 10.2. The Kier molecular flexibility index (Phi) is 3.09. The van der Waals surface area contributed by atoms with Crippen molar-refractivity contribution >= 4 is 17.6 Å². The summed E-state index contributed by atoms with van der Waals surface area (Å²) in [5.41, 5.74) is 1.24. The zero-order valence-corrected chi connectivity index (χ0v) is 9.60. The molecule has 0 fully saturated rings. The molecule has 0 saturated carbocycles. The smallest absolute Gasteiger partial charge is 0.354 e. The average Bonchev–Trinajstić information content (AvgIpc) is 2.71. The Hall–Kier alpha value is -2.63. The fourth-order valence-electron chi connectivity index (χ4n) is 1.55. The number of amides is 1. The van der Waals surface area contributed by atoms with Gasteiger partial charge in [0.1, 0.15) is 5.69 Å². The fourth-order valence-corrected chi connectivity index (χ4v) is 1.55. The highest BCUT2D eigenvalue weighted by Crippen LogP contribution is 2.17. The number of carbonyl (C=O) groups is 2. The van der Waals surface area contributed by atoms with Crippen LogP contribution < -0.4 is 5.32 Å². The van der Waals surface area contributed by atoms with Crippen LogP contribution in [0.3, 0.4) is 0 Å². The number of nitrogens with one attached hydrogen (secondary N) is 2. The molecule has 2 rings (SSSR count). The van der Waals surface area contributed by atoms with E-state index in [1.165, 1.54) is 6.20 Å². The number of rotatable bonds is 3. The van der Waals surface area contributed by atoms with E-state index in [9.17, 15) is 9.59 Å². The first kappa shape index (κ1) is 11.8. The molecule has 0 saturated heterocycles. The third-order valence-electron chi connectivity index (χ3n) is 2.34. The number of nitrogens with zero attached hydrogens (tertiary/aromatic N) is 1. The number of hydrogen-bond donors (Lipinski definition) is 3. The van der Waals surface area contributed by atoms with Crippen molar-refractivity contribution in [2.75, 3.05) is 5.32 Å². The lowest BCUT2D eigenvalue weighted by molar-refractivity contribution is 0.0692. The maximum Gasteiger partial charge on any atom is 0.354 e. The second-order valence-electron chi connectivity index (χ2n) is 3.74. The Morgan fingerprint density at radius 3 is 2.83 bits per heavy atom. The number of anilines is 1. The van der Waals surface area contributed by atoms with Crippen molar-refractivity contribution in [1.29, 1.82) is 0 Å². The molecule has 0 atom stereocenters. The molecule has 3 N–H and O–H groups in total. The lowest BCUT2D eigenvalue weighted by Gasteiger charge is -2.03. The maximum atomic E-state index is 11.8. The van der Waals surface area contributed by atoms with Gasteiger partial charge in [-0.25, -0.2) is 4.79 Å². The van der Waals surface area contributed by atoms with E-state index in [0.717, 1.165) is 0 Å². The minimum absolute atomic E-state index is 0.0373. The summed E-state index contributed by atoms with van der Waals surface area (Å²) >= 11 is 0. The van der Waals surface area contributed by atoms with Gasteiger partial charge in [0.25, 0.3) is 5.91 Å². The van der Waals surface area contributed by atoms with Crippen LogP contribution >= 0.6 is 0 Å². The van der Waals surface area contributed by atoms with Gasteiger partial charge in [-0.1, -0.05) is 0 Å². The monoisotopic (exact) mass is 245 g/mol. The summed E-state index contributed by atoms with van der Waals surface area (Å²) in [5.74, 6) is -1.52. The van der Waals surface area contributed by atoms with Gasteiger partial charge in [-0.05, 0) is 25.1 Å². The second-order valence-corrected chi connectivity index (χ2v) is 3.74. The summed E-state index contributed by atoms with van der Waals surface area (Å²) in [4.78, 5) is 29.3. The van der Waals surface area contributed by atoms with Crippen molar-refractivity contribution in [3.8, 4) is 0 Å². The molecule has 6 heteroatoms. The molecule has 92 valence electrons. The Morgan fingerprint density at radius 1 is 1.44 bits per heavy atom. The third-order valence-corrected chi connectivity index (χ3v) is 2.34. The SMILES string of the molecule is Cc1cc(NC(=O)c2cccnc2)c(C(=O)O)[nH]1. The summed E-state index contributed by atoms with van der Waals surface area (Å²) in [5, 5.41) is 11.5. The molecule has 0 unspecified atom stereocenters. The zero-order valence-electron chi connectivity index (χ0n) is 9.60. The molecule has 18 heavy (non-hydrogen) atoms. The fraction of sp³-hybridized carbons (Fsp3) is 0.0833. The van der Waals surface area contributed by atoms with Crippen LogP contribution in [0, 0.1) is 6.92 Å². The van der Waals surface area contributed by atoms with Crippen LogP contribution in [0.4, 0.5) is 5.69 Å². The van der Waals surface area contributed by atoms with E-state index in [4.69, 9.17) is 5.11 Å². The van der Waals surface area contributed by atoms with Gasteiger partial charge in [-0.2, -0.15) is 0 Å². The number of H-pyrrole nitrogens is 1. The van der Waals surface area contributed by atoms with Crippen molar-refractivity contribution in [2.24, 2.45) is 0 Å². The highest BCUT2D eigenvalue weighted by atomic mass is 16.4. The molecule has 0 spiro atoms. The molecular formula is C12H11N3O3. The normalized spacial score (nSPS) is 10.1. The molecule has 0 aliphatic rings. The Morgan fingerprint density at radius 2 is 2.22 bits per heavy atom. The standard InChI is InChI=1S/C12H11N3O3/c1-7-5-9(10(14-7)12(17)18)15-11(16)8-3-2-4-13-6-8/h2-6,14H,1H3,(H,15,16)(H,17,18). The second kappa shape index (κ2) is 4.70. The summed E-state index contributed by atoms with van der Waals surface area (Å²) in [6.45, 7) is 1.71. The van der Waals surface area contributed by atoms with Crippen molar-refractivity contribution in [2.45, 2.75) is 6.92 Å². The molecule has 0 bridgehead atoms. The molecular weight excluding hydrogens is 234 g/mol. The van der Waals surface area contributed by atoms with Gasteiger partial charge in [0.15, 0.2) is 0 Å². The lowest BCUT2D eigenvalue weighted by Crippen LogP contribution is -2.14. The zero-order chi connectivity index (χ0) is 13.1. The van der Waals surface area contributed by atoms with E-state index < -0.39 is 11.9 Å². The van der Waals surface area contributed by atoms with Gasteiger partial charge >= 0.3 is 5.97 Å². The minimum Gasteiger partial charge on any atom is -0.477 e. The Balaban J connectivity index is 2.25. The Bertz CT molecular complexity index is 590. The number of aromatic nitrogens is 2. The van der Waals surface area contributed by atoms with Crippen LogP contribution in [0.25, 0.3) is 0 Å². The molecule has 6 nitrogen and oxygen atoms in total. The number of carboxylic acid groups (broad SMARTS) is 1. The number of carbonyl (C=O) groups excluding carboxylic acids is 1. The first-order valence-corrected chi connectivity index (χ1v) is 5.22. The van der Waals surface area contributed by atoms with Crippen molar-refractivity contribution in [3.63, 3.8) is 0 Å². The van der Waals surface area contributed by atoms with E-state index in [1.807, 2.05) is 0 Å². The third kappa shape index (κ3) is 2.37. The van der Waals surface area contributed by atoms with Crippen LogP contribution in [-0.4, -0.2) is 27.0 Å². The summed E-state index contributed by atoms with van der Waals surface area (Å²) in [7, 11) is 0. The van der Waals surface area contributed by atoms with Gasteiger partial charge in [0.05, 0.1) is 11.3 Å². The predicted octanol–water partition coefficient (Wildman–Crippen LogP) is 1.67. The van der Waals surface area contributed by atoms with E-state index >= 15 is 0 Å². The summed E-state index contributed by atoms with van der Waals surface area (Å²) in [6, 6.07) is 4.80. The molecule has 2 aromatic heterocycles. The topological polar surface area (TPSA) is 95.1 Å². The van der Waals surface area contributed by atoms with Gasteiger partial charge in [-0.15, -0.1) is 0 Å². The van der Waals surface area contributed by atoms with Crippen LogP contribution in [-0.2, 0) is 0 Å². The summed E-state index contributed by atoms with van der Waals surface area (Å²) in [6.07, 6.45) is 2.97. The van der Waals surface area contributed by atoms with Crippen LogP contribution in [0.1, 0.15) is 26.5 Å². The van der Waals surface area contributed by atoms with Crippen molar-refractivity contribution < 1.29 is 14.7 Å². The molecule has 0 radical (unpaired) electrons. The number of hydrogen-bond acceptors (Lipinski definition) is 3. The molecule has 2 heterocycles. The first-order valence-electron chi connectivity index (χ1n) is 5.22. The highest BCUT2D eigenvalue weighted by Gasteiger charge is 2.16. The van der Waals surface area contributed by atoms with E-state index in [1.54, 1.807) is 31.3 Å². The number of pyridine rings is 1. The highest BCUT2D eigenvalue weighted by molar-refractivity contribution is 6.07. The van der Waals surface area contributed by atoms with Gasteiger partial charge in [0.2, 0.25) is 0 Å². The molecule has 0 aliphatic heterocycles. The predicted molar refractivity (Wildman–Crippen MR) is 64.7 cm³/mol. The average molecular weight is 245 g/mol. The van der Waals surface area contributed by atoms with Crippen molar-refractivity contribution in [3.05, 3.63) is 47.5 Å². The number of aromatic amines is 1. The molecule has 0 aliphatic carbocycles. The van der Waals surface area contributed by atoms with Crippen molar-refractivity contribution in [1.82, 2.24) is 9.97 Å². The molecule has 2 aromatic rings. The Labute approximate surface area is 103 Å². The number of carboxylic acids is 1. The van der Waals surface area contributed by atoms with Gasteiger partial charge in [-0.3, -0.25) is 9.78 Å². The van der Waals surface area contributed by atoms with E-state index in [-0.39, 0.29) is 11.4 Å². The van der Waals surface area contributed by atoms with E-state index in [0.29, 0.717) is 11.3 Å². The van der Waals surface area contributed by atoms with Crippen LogP contribution in [0.15, 0.2) is 30.6 Å². The van der Waals surface area contributed by atoms with Gasteiger partial charge in [0, 0.05) is 18.1 Å². The largest absolute Gasteiger partial charge is 0.477 e. The van der Waals surface area contributed by atoms with Gasteiger partial charge < -0.3 is 15.4 Å². The van der Waals surface area contributed by atoms with E-state index in [2.05, 4.69) is 15.3 Å². The quantitative estimate of drug-likeness (QED) is 0.766. The van der Waals surface area contributed by atoms with Crippen LogP contribution in [0.5, 0.6) is 0 Å². The molecule has 0 aromatic carbocycles. The number of aromatic carboxylic acids is 1. The summed E-state index contributed by atoms with van der Waals surface area (Å²) < 4.78 is 0. The number of aryl methyl sites for hydroxylation is 1. The first-order chi connectivity index (χ1) is 8.58. The minimum atomic E-state index is -1.12.